The quantitative estimate of drug-likeness (QED) is 0.414. The van der Waals surface area contributed by atoms with Crippen LogP contribution >= 0.6 is 0 Å². The number of anilines is 3. The van der Waals surface area contributed by atoms with Crippen LogP contribution in [0.5, 0.6) is 11.5 Å². The molecule has 0 bridgehead atoms. The molecule has 0 aliphatic rings. The van der Waals surface area contributed by atoms with Gasteiger partial charge in [0.2, 0.25) is 0 Å². The van der Waals surface area contributed by atoms with Gasteiger partial charge in [0.05, 0.1) is 37.7 Å². The van der Waals surface area contributed by atoms with E-state index in [1.807, 2.05) is 24.3 Å². The molecule has 1 aromatic heterocycles. The van der Waals surface area contributed by atoms with Crippen molar-refractivity contribution in [2.24, 2.45) is 0 Å². The second kappa shape index (κ2) is 10.5. The molecule has 4 N–H and O–H groups in total. The van der Waals surface area contributed by atoms with Crippen LogP contribution in [0, 0.1) is 0 Å². The smallest absolute Gasteiger partial charge is 0.273 e. The molecule has 0 atom stereocenters. The number of ether oxygens (including phenoxy) is 2. The molecule has 9 heteroatoms. The predicted molar refractivity (Wildman–Crippen MR) is 118 cm³/mol. The van der Waals surface area contributed by atoms with Gasteiger partial charge in [0, 0.05) is 6.20 Å². The third kappa shape index (κ3) is 5.63. The number of hydrogen-bond donors (Lipinski definition) is 4. The highest BCUT2D eigenvalue weighted by molar-refractivity contribution is 6.00. The molecule has 0 saturated heterocycles. The van der Waals surface area contributed by atoms with E-state index in [2.05, 4.69) is 26.5 Å². The number of nitrogens with zero attached hydrogens (tertiary/aromatic N) is 1. The number of carbonyl (C=O) groups excluding carboxylic acids is 2. The van der Waals surface area contributed by atoms with Crippen LogP contribution < -0.4 is 31.0 Å². The fourth-order valence-corrected chi connectivity index (χ4v) is 2.77. The Labute approximate surface area is 179 Å². The molecule has 2 aromatic carbocycles. The first kappa shape index (κ1) is 21.4. The summed E-state index contributed by atoms with van der Waals surface area (Å²) in [6.45, 7) is -0.0555. The lowest BCUT2D eigenvalue weighted by Gasteiger charge is -2.14. The largest absolute Gasteiger partial charge is 0.495 e. The SMILES string of the molecule is COc1ccccc1NCC(=O)NNC(=O)c1cccnc1Nc1ccccc1OC. The molecule has 160 valence electrons. The topological polar surface area (TPSA) is 114 Å². The third-order valence-corrected chi connectivity index (χ3v) is 4.27. The molecule has 0 spiro atoms. The second-order valence-electron chi connectivity index (χ2n) is 6.28. The summed E-state index contributed by atoms with van der Waals surface area (Å²) in [5.41, 5.74) is 6.36. The van der Waals surface area contributed by atoms with E-state index in [4.69, 9.17) is 9.47 Å². The number of nitrogens with one attached hydrogen (secondary N) is 4. The van der Waals surface area contributed by atoms with Gasteiger partial charge < -0.3 is 20.1 Å². The molecular formula is C22H23N5O4. The Morgan fingerprint density at radius 3 is 2.19 bits per heavy atom. The number of para-hydroxylation sites is 4. The maximum atomic E-state index is 12.6. The molecular weight excluding hydrogens is 398 g/mol. The first-order valence-electron chi connectivity index (χ1n) is 9.43. The lowest BCUT2D eigenvalue weighted by Crippen LogP contribution is -2.44. The van der Waals surface area contributed by atoms with Crippen molar-refractivity contribution in [1.29, 1.82) is 0 Å². The van der Waals surface area contributed by atoms with E-state index in [0.717, 1.165) is 0 Å². The second-order valence-corrected chi connectivity index (χ2v) is 6.28. The number of benzene rings is 2. The Hall–Kier alpha value is -4.27. The third-order valence-electron chi connectivity index (χ3n) is 4.27. The van der Waals surface area contributed by atoms with Gasteiger partial charge in [-0.15, -0.1) is 0 Å². The number of carbonyl (C=O) groups is 2. The van der Waals surface area contributed by atoms with Crippen LogP contribution in [0.25, 0.3) is 0 Å². The summed E-state index contributed by atoms with van der Waals surface area (Å²) in [7, 11) is 3.10. The van der Waals surface area contributed by atoms with Gasteiger partial charge in [-0.25, -0.2) is 4.98 Å². The lowest BCUT2D eigenvalue weighted by molar-refractivity contribution is -0.120. The summed E-state index contributed by atoms with van der Waals surface area (Å²) < 4.78 is 10.5. The zero-order valence-corrected chi connectivity index (χ0v) is 17.1. The average molecular weight is 421 g/mol. The van der Waals surface area contributed by atoms with Gasteiger partial charge in [-0.05, 0) is 36.4 Å². The summed E-state index contributed by atoms with van der Waals surface area (Å²) in [5.74, 6) is 0.599. The maximum Gasteiger partial charge on any atom is 0.273 e. The van der Waals surface area contributed by atoms with Crippen molar-refractivity contribution in [1.82, 2.24) is 15.8 Å². The van der Waals surface area contributed by atoms with E-state index in [9.17, 15) is 9.59 Å². The van der Waals surface area contributed by atoms with Crippen LogP contribution in [0.4, 0.5) is 17.2 Å². The first-order valence-corrected chi connectivity index (χ1v) is 9.43. The highest BCUT2D eigenvalue weighted by Gasteiger charge is 2.15. The fraction of sp³-hybridized carbons (Fsp3) is 0.136. The van der Waals surface area contributed by atoms with Crippen molar-refractivity contribution >= 4 is 29.0 Å². The molecule has 3 rings (SSSR count). The molecule has 2 amide bonds. The first-order chi connectivity index (χ1) is 15.1. The Kier molecular flexibility index (Phi) is 7.26. The molecule has 9 nitrogen and oxygen atoms in total. The molecule has 0 radical (unpaired) electrons. The van der Waals surface area contributed by atoms with Crippen molar-refractivity contribution in [2.45, 2.75) is 0 Å². The fourth-order valence-electron chi connectivity index (χ4n) is 2.77. The maximum absolute atomic E-state index is 12.6. The van der Waals surface area contributed by atoms with Crippen LogP contribution in [0.15, 0.2) is 66.9 Å². The summed E-state index contributed by atoms with van der Waals surface area (Å²) in [6.07, 6.45) is 1.56. The number of hydrogen-bond acceptors (Lipinski definition) is 7. The Morgan fingerprint density at radius 1 is 0.839 bits per heavy atom. The van der Waals surface area contributed by atoms with Gasteiger partial charge >= 0.3 is 0 Å². The van der Waals surface area contributed by atoms with E-state index in [0.29, 0.717) is 28.7 Å². The zero-order chi connectivity index (χ0) is 22.1. The normalized spacial score (nSPS) is 10.0. The predicted octanol–water partition coefficient (Wildman–Crippen LogP) is 2.72. The molecule has 0 aliphatic carbocycles. The highest BCUT2D eigenvalue weighted by atomic mass is 16.5. The molecule has 0 saturated carbocycles. The van der Waals surface area contributed by atoms with Crippen molar-refractivity contribution in [3.63, 3.8) is 0 Å². The van der Waals surface area contributed by atoms with Gasteiger partial charge in [-0.1, -0.05) is 24.3 Å². The monoisotopic (exact) mass is 421 g/mol. The summed E-state index contributed by atoms with van der Waals surface area (Å²) >= 11 is 0. The van der Waals surface area contributed by atoms with Crippen molar-refractivity contribution < 1.29 is 19.1 Å². The number of hydrazine groups is 1. The molecule has 0 aliphatic heterocycles. The minimum atomic E-state index is -0.517. The Balaban J connectivity index is 1.60. The Morgan fingerprint density at radius 2 is 1.48 bits per heavy atom. The van der Waals surface area contributed by atoms with Crippen molar-refractivity contribution in [2.75, 3.05) is 31.4 Å². The van der Waals surface area contributed by atoms with E-state index >= 15 is 0 Å². The van der Waals surface area contributed by atoms with E-state index in [1.165, 1.54) is 0 Å². The number of amides is 2. The van der Waals surface area contributed by atoms with Gasteiger partial charge in [0.15, 0.2) is 0 Å². The summed E-state index contributed by atoms with van der Waals surface area (Å²) in [6, 6.07) is 17.7. The van der Waals surface area contributed by atoms with E-state index in [-0.39, 0.29) is 12.1 Å². The number of pyridine rings is 1. The van der Waals surface area contributed by atoms with Crippen LogP contribution in [-0.4, -0.2) is 37.6 Å². The zero-order valence-electron chi connectivity index (χ0n) is 17.1. The average Bonchev–Trinajstić information content (AvgIpc) is 2.82. The molecule has 0 unspecified atom stereocenters. The highest BCUT2D eigenvalue weighted by Crippen LogP contribution is 2.27. The Bertz CT molecular complexity index is 1060. The molecule has 1 heterocycles. The standard InChI is InChI=1S/C22H23N5O4/c1-30-18-11-5-3-9-16(18)24-14-20(28)26-27-22(29)15-8-7-13-23-21(15)25-17-10-4-6-12-19(17)31-2/h3-13,24H,14H2,1-2H3,(H,23,25)(H,26,28)(H,27,29). The summed E-state index contributed by atoms with van der Waals surface area (Å²) in [4.78, 5) is 29.0. The van der Waals surface area contributed by atoms with E-state index in [1.54, 1.807) is 56.8 Å². The van der Waals surface area contributed by atoms with Gasteiger partial charge in [-0.2, -0.15) is 0 Å². The molecule has 31 heavy (non-hydrogen) atoms. The van der Waals surface area contributed by atoms with Crippen molar-refractivity contribution in [3.05, 3.63) is 72.4 Å². The van der Waals surface area contributed by atoms with Crippen LogP contribution in [0.2, 0.25) is 0 Å². The minimum absolute atomic E-state index is 0.0555. The number of aromatic nitrogens is 1. The van der Waals surface area contributed by atoms with Crippen LogP contribution in [0.3, 0.4) is 0 Å². The lowest BCUT2D eigenvalue weighted by atomic mass is 10.2. The molecule has 0 fully saturated rings. The molecule has 3 aromatic rings. The minimum Gasteiger partial charge on any atom is -0.495 e. The van der Waals surface area contributed by atoms with Crippen LogP contribution in [0.1, 0.15) is 10.4 Å². The van der Waals surface area contributed by atoms with Gasteiger partial charge in [0.25, 0.3) is 11.8 Å². The number of rotatable bonds is 8. The number of methoxy groups -OCH3 is 2. The summed E-state index contributed by atoms with van der Waals surface area (Å²) in [5, 5.41) is 6.04. The van der Waals surface area contributed by atoms with Crippen molar-refractivity contribution in [3.8, 4) is 11.5 Å². The van der Waals surface area contributed by atoms with Gasteiger partial charge in [0.1, 0.15) is 17.3 Å². The van der Waals surface area contributed by atoms with Gasteiger partial charge in [-0.3, -0.25) is 20.4 Å². The van der Waals surface area contributed by atoms with Crippen LogP contribution in [-0.2, 0) is 4.79 Å². The van der Waals surface area contributed by atoms with E-state index < -0.39 is 11.8 Å².